The standard InChI is InChI=1S/C12H13ClFN3/c1-8(9-6-15-17(2)7-9)16-11-5-3-4-10(13)12(11)14/h3-8,16H,1-2H3. The average molecular weight is 254 g/mol. The van der Waals surface area contributed by atoms with Crippen LogP contribution in [0.15, 0.2) is 30.6 Å². The van der Waals surface area contributed by atoms with E-state index in [0.717, 1.165) is 5.56 Å². The third kappa shape index (κ3) is 2.58. The van der Waals surface area contributed by atoms with Gasteiger partial charge in [-0.1, -0.05) is 17.7 Å². The van der Waals surface area contributed by atoms with Crippen molar-refractivity contribution in [2.24, 2.45) is 7.05 Å². The second kappa shape index (κ2) is 4.75. The number of benzene rings is 1. The largest absolute Gasteiger partial charge is 0.376 e. The first kappa shape index (κ1) is 11.9. The number of rotatable bonds is 3. The van der Waals surface area contributed by atoms with Crippen molar-refractivity contribution in [3.05, 3.63) is 47.0 Å². The van der Waals surface area contributed by atoms with Crippen molar-refractivity contribution in [1.82, 2.24) is 9.78 Å². The lowest BCUT2D eigenvalue weighted by atomic mass is 10.2. The molecule has 90 valence electrons. The van der Waals surface area contributed by atoms with E-state index in [2.05, 4.69) is 10.4 Å². The SMILES string of the molecule is CC(Nc1cccc(Cl)c1F)c1cnn(C)c1. The predicted molar refractivity (Wildman–Crippen MR) is 66.7 cm³/mol. The molecule has 5 heteroatoms. The molecule has 1 aromatic carbocycles. The smallest absolute Gasteiger partial charge is 0.164 e. The number of nitrogens with one attached hydrogen (secondary N) is 1. The Morgan fingerprint density at radius 1 is 1.47 bits per heavy atom. The zero-order valence-electron chi connectivity index (χ0n) is 9.61. The van der Waals surface area contributed by atoms with Gasteiger partial charge in [-0.3, -0.25) is 4.68 Å². The average Bonchev–Trinajstić information content (AvgIpc) is 2.72. The Hall–Kier alpha value is -1.55. The summed E-state index contributed by atoms with van der Waals surface area (Å²) in [6, 6.07) is 4.87. The molecule has 1 aromatic heterocycles. The highest BCUT2D eigenvalue weighted by molar-refractivity contribution is 6.31. The summed E-state index contributed by atoms with van der Waals surface area (Å²) in [4.78, 5) is 0. The van der Waals surface area contributed by atoms with E-state index in [-0.39, 0.29) is 11.1 Å². The first-order valence-corrected chi connectivity index (χ1v) is 5.65. The maximum atomic E-state index is 13.7. The van der Waals surface area contributed by atoms with E-state index in [0.29, 0.717) is 5.69 Å². The Labute approximate surface area is 104 Å². The molecule has 3 nitrogen and oxygen atoms in total. The van der Waals surface area contributed by atoms with Crippen LogP contribution in [0.3, 0.4) is 0 Å². The van der Waals surface area contributed by atoms with Crippen LogP contribution in [0.1, 0.15) is 18.5 Å². The second-order valence-corrected chi connectivity index (χ2v) is 4.32. The summed E-state index contributed by atoms with van der Waals surface area (Å²) in [5, 5.41) is 7.26. The quantitative estimate of drug-likeness (QED) is 0.909. The lowest BCUT2D eigenvalue weighted by Gasteiger charge is -2.14. The molecule has 0 spiro atoms. The normalized spacial score (nSPS) is 12.5. The van der Waals surface area contributed by atoms with Gasteiger partial charge in [0.25, 0.3) is 0 Å². The summed E-state index contributed by atoms with van der Waals surface area (Å²) >= 11 is 5.72. The number of hydrogen-bond donors (Lipinski definition) is 1. The van der Waals surface area contributed by atoms with Crippen LogP contribution in [-0.2, 0) is 7.05 Å². The van der Waals surface area contributed by atoms with Crippen molar-refractivity contribution < 1.29 is 4.39 Å². The van der Waals surface area contributed by atoms with Crippen molar-refractivity contribution in [3.8, 4) is 0 Å². The lowest BCUT2D eigenvalue weighted by Crippen LogP contribution is -2.07. The fourth-order valence-electron chi connectivity index (χ4n) is 1.60. The fourth-order valence-corrected chi connectivity index (χ4v) is 1.77. The van der Waals surface area contributed by atoms with Gasteiger partial charge in [0.05, 0.1) is 22.9 Å². The van der Waals surface area contributed by atoms with Gasteiger partial charge < -0.3 is 5.32 Å². The molecule has 1 atom stereocenters. The van der Waals surface area contributed by atoms with E-state index in [1.807, 2.05) is 20.2 Å². The molecule has 17 heavy (non-hydrogen) atoms. The van der Waals surface area contributed by atoms with E-state index >= 15 is 0 Å². The third-order valence-electron chi connectivity index (χ3n) is 2.55. The summed E-state index contributed by atoms with van der Waals surface area (Å²) in [7, 11) is 1.84. The van der Waals surface area contributed by atoms with Crippen molar-refractivity contribution in [1.29, 1.82) is 0 Å². The third-order valence-corrected chi connectivity index (χ3v) is 2.84. The van der Waals surface area contributed by atoms with Crippen LogP contribution in [0.2, 0.25) is 5.02 Å². The van der Waals surface area contributed by atoms with Gasteiger partial charge in [-0.2, -0.15) is 5.10 Å². The molecule has 0 aliphatic carbocycles. The van der Waals surface area contributed by atoms with Gasteiger partial charge in [0.1, 0.15) is 0 Å². The van der Waals surface area contributed by atoms with Crippen LogP contribution < -0.4 is 5.32 Å². The summed E-state index contributed by atoms with van der Waals surface area (Å²) in [5.41, 5.74) is 1.39. The van der Waals surface area contributed by atoms with Crippen molar-refractivity contribution in [3.63, 3.8) is 0 Å². The predicted octanol–water partition coefficient (Wildman–Crippen LogP) is 3.39. The maximum Gasteiger partial charge on any atom is 0.164 e. The molecule has 0 saturated heterocycles. The monoisotopic (exact) mass is 253 g/mol. The highest BCUT2D eigenvalue weighted by Gasteiger charge is 2.11. The summed E-state index contributed by atoms with van der Waals surface area (Å²) in [6.07, 6.45) is 3.64. The Morgan fingerprint density at radius 3 is 2.88 bits per heavy atom. The molecule has 1 unspecified atom stereocenters. The molecule has 0 saturated carbocycles. The van der Waals surface area contributed by atoms with E-state index in [1.54, 1.807) is 23.0 Å². The molecule has 0 aliphatic rings. The van der Waals surface area contributed by atoms with Gasteiger partial charge in [-0.15, -0.1) is 0 Å². The topological polar surface area (TPSA) is 29.9 Å². The molecule has 1 heterocycles. The molecule has 0 amide bonds. The second-order valence-electron chi connectivity index (χ2n) is 3.91. The minimum absolute atomic E-state index is 0.0309. The summed E-state index contributed by atoms with van der Waals surface area (Å²) < 4.78 is 15.4. The van der Waals surface area contributed by atoms with E-state index in [9.17, 15) is 4.39 Å². The van der Waals surface area contributed by atoms with E-state index < -0.39 is 5.82 Å². The minimum Gasteiger partial charge on any atom is -0.376 e. The highest BCUT2D eigenvalue weighted by Crippen LogP contribution is 2.25. The Morgan fingerprint density at radius 2 is 2.24 bits per heavy atom. The molecule has 1 N–H and O–H groups in total. The van der Waals surface area contributed by atoms with Crippen LogP contribution in [0.4, 0.5) is 10.1 Å². The minimum atomic E-state index is -0.426. The van der Waals surface area contributed by atoms with Crippen LogP contribution >= 0.6 is 11.6 Å². The number of anilines is 1. The Balaban J connectivity index is 2.18. The molecule has 0 bridgehead atoms. The van der Waals surface area contributed by atoms with Gasteiger partial charge in [0.2, 0.25) is 0 Å². The maximum absolute atomic E-state index is 13.7. The van der Waals surface area contributed by atoms with Gasteiger partial charge in [0.15, 0.2) is 5.82 Å². The first-order valence-electron chi connectivity index (χ1n) is 5.27. The van der Waals surface area contributed by atoms with Gasteiger partial charge in [-0.25, -0.2) is 4.39 Å². The van der Waals surface area contributed by atoms with Crippen LogP contribution in [0.5, 0.6) is 0 Å². The van der Waals surface area contributed by atoms with E-state index in [4.69, 9.17) is 11.6 Å². The zero-order chi connectivity index (χ0) is 12.4. The van der Waals surface area contributed by atoms with Gasteiger partial charge in [0, 0.05) is 18.8 Å². The lowest BCUT2D eigenvalue weighted by molar-refractivity contribution is 0.628. The molecular weight excluding hydrogens is 241 g/mol. The molecule has 2 aromatic rings. The van der Waals surface area contributed by atoms with Crippen molar-refractivity contribution in [2.45, 2.75) is 13.0 Å². The Bertz CT molecular complexity index is 524. The molecular formula is C12H13ClFN3. The number of hydrogen-bond acceptors (Lipinski definition) is 2. The molecule has 2 rings (SSSR count). The Kier molecular flexibility index (Phi) is 3.33. The van der Waals surface area contributed by atoms with Gasteiger partial charge in [-0.05, 0) is 19.1 Å². The first-order chi connectivity index (χ1) is 8.08. The zero-order valence-corrected chi connectivity index (χ0v) is 10.4. The van der Waals surface area contributed by atoms with Gasteiger partial charge >= 0.3 is 0 Å². The number of aryl methyl sites for hydroxylation is 1. The van der Waals surface area contributed by atoms with E-state index in [1.165, 1.54) is 6.07 Å². The molecule has 0 aliphatic heterocycles. The molecule has 0 fully saturated rings. The number of aromatic nitrogens is 2. The number of nitrogens with zero attached hydrogens (tertiary/aromatic N) is 2. The van der Waals surface area contributed by atoms with Crippen LogP contribution in [0, 0.1) is 5.82 Å². The highest BCUT2D eigenvalue weighted by atomic mass is 35.5. The molecule has 0 radical (unpaired) electrons. The van der Waals surface area contributed by atoms with Crippen molar-refractivity contribution >= 4 is 17.3 Å². The van der Waals surface area contributed by atoms with Crippen LogP contribution in [-0.4, -0.2) is 9.78 Å². The van der Waals surface area contributed by atoms with Crippen LogP contribution in [0.25, 0.3) is 0 Å². The number of halogens is 2. The fraction of sp³-hybridized carbons (Fsp3) is 0.250. The summed E-state index contributed by atoms with van der Waals surface area (Å²) in [6.45, 7) is 1.94. The van der Waals surface area contributed by atoms with Crippen molar-refractivity contribution in [2.75, 3.05) is 5.32 Å². The summed E-state index contributed by atoms with van der Waals surface area (Å²) in [5.74, 6) is -0.426.